The molecule has 0 spiro atoms. The van der Waals surface area contributed by atoms with Crippen molar-refractivity contribution >= 4 is 5.69 Å². The van der Waals surface area contributed by atoms with Gasteiger partial charge < -0.3 is 15.2 Å². The minimum atomic E-state index is 0.145. The fourth-order valence-corrected chi connectivity index (χ4v) is 3.15. The Morgan fingerprint density at radius 1 is 1.28 bits per heavy atom. The largest absolute Gasteiger partial charge is 0.439 e. The number of pyridine rings is 1. The summed E-state index contributed by atoms with van der Waals surface area (Å²) in [7, 11) is 1.86. The van der Waals surface area contributed by atoms with Gasteiger partial charge in [0.05, 0.1) is 23.0 Å². The number of aliphatic hydroxyl groups is 1. The van der Waals surface area contributed by atoms with Crippen molar-refractivity contribution in [1.29, 1.82) is 5.26 Å². The first-order valence-corrected chi connectivity index (χ1v) is 9.75. The predicted molar refractivity (Wildman–Crippen MR) is 110 cm³/mol. The highest BCUT2D eigenvalue weighted by Crippen LogP contribution is 2.41. The van der Waals surface area contributed by atoms with Crippen LogP contribution in [-0.4, -0.2) is 33.0 Å². The van der Waals surface area contributed by atoms with E-state index in [2.05, 4.69) is 21.5 Å². The van der Waals surface area contributed by atoms with Crippen molar-refractivity contribution in [1.82, 2.24) is 14.8 Å². The number of hydrogen-bond donors (Lipinski definition) is 2. The molecule has 29 heavy (non-hydrogen) atoms. The lowest BCUT2D eigenvalue weighted by Gasteiger charge is -2.12. The molecule has 148 valence electrons. The molecular weight excluding hydrogens is 366 g/mol. The average Bonchev–Trinajstić information content (AvgIpc) is 3.52. The van der Waals surface area contributed by atoms with Gasteiger partial charge in [0.2, 0.25) is 5.88 Å². The summed E-state index contributed by atoms with van der Waals surface area (Å²) in [5.41, 5.74) is 4.02. The molecule has 0 aliphatic heterocycles. The van der Waals surface area contributed by atoms with E-state index in [9.17, 15) is 5.26 Å². The van der Waals surface area contributed by atoms with E-state index < -0.39 is 0 Å². The normalized spacial score (nSPS) is 13.1. The molecule has 1 aliphatic carbocycles. The molecule has 7 heteroatoms. The Hall–Kier alpha value is -3.37. The maximum atomic E-state index is 9.32. The number of nitrogens with zero attached hydrogens (tertiary/aromatic N) is 4. The van der Waals surface area contributed by atoms with Gasteiger partial charge in [-0.05, 0) is 49.6 Å². The fraction of sp³-hybridized carbons (Fsp3) is 0.318. The van der Waals surface area contributed by atoms with E-state index in [1.165, 1.54) is 12.8 Å². The van der Waals surface area contributed by atoms with Crippen LogP contribution in [0.3, 0.4) is 0 Å². The number of anilines is 1. The summed E-state index contributed by atoms with van der Waals surface area (Å²) in [6.07, 6.45) is 4.75. The molecular formula is C22H23N5O2. The molecule has 1 aliphatic rings. The molecule has 0 amide bonds. The van der Waals surface area contributed by atoms with Crippen LogP contribution >= 0.6 is 0 Å². The maximum Gasteiger partial charge on any atom is 0.217 e. The number of aliphatic hydroxyl groups excluding tert-OH is 1. The third-order valence-corrected chi connectivity index (χ3v) is 4.88. The van der Waals surface area contributed by atoms with Gasteiger partial charge in [-0.15, -0.1) is 0 Å². The van der Waals surface area contributed by atoms with E-state index in [-0.39, 0.29) is 6.61 Å². The van der Waals surface area contributed by atoms with Crippen molar-refractivity contribution < 1.29 is 9.84 Å². The van der Waals surface area contributed by atoms with Crippen molar-refractivity contribution in [2.45, 2.75) is 25.2 Å². The molecule has 2 aromatic heterocycles. The number of ether oxygens (including phenoxy) is 1. The average molecular weight is 389 g/mol. The molecule has 0 atom stereocenters. The molecule has 2 N–H and O–H groups in total. The second-order valence-corrected chi connectivity index (χ2v) is 7.16. The van der Waals surface area contributed by atoms with Crippen molar-refractivity contribution in [3.05, 3.63) is 53.9 Å². The fourth-order valence-electron chi connectivity index (χ4n) is 3.15. The van der Waals surface area contributed by atoms with Gasteiger partial charge in [0.1, 0.15) is 5.75 Å². The van der Waals surface area contributed by atoms with Gasteiger partial charge in [-0.2, -0.15) is 10.4 Å². The van der Waals surface area contributed by atoms with E-state index in [1.54, 1.807) is 23.0 Å². The number of aromatic nitrogens is 3. The Labute approximate surface area is 169 Å². The van der Waals surface area contributed by atoms with Gasteiger partial charge in [-0.25, -0.2) is 4.68 Å². The maximum absolute atomic E-state index is 9.32. The van der Waals surface area contributed by atoms with Crippen LogP contribution < -0.4 is 10.1 Å². The van der Waals surface area contributed by atoms with Crippen molar-refractivity contribution in [3.8, 4) is 29.0 Å². The molecule has 0 bridgehead atoms. The van der Waals surface area contributed by atoms with Crippen LogP contribution in [0.1, 0.15) is 36.4 Å². The SMILES string of the molecule is Cn1nc(C2CC2)cc1Oc1cc(C#N)ccc1-c1cc(NCCCO)ccn1. The first-order chi connectivity index (χ1) is 14.2. The topological polar surface area (TPSA) is 96.0 Å². The molecule has 7 nitrogen and oxygen atoms in total. The summed E-state index contributed by atoms with van der Waals surface area (Å²) in [5.74, 6) is 1.74. The minimum absolute atomic E-state index is 0.145. The van der Waals surface area contributed by atoms with Crippen LogP contribution in [0.2, 0.25) is 0 Å². The highest BCUT2D eigenvalue weighted by atomic mass is 16.5. The molecule has 0 radical (unpaired) electrons. The van der Waals surface area contributed by atoms with Crippen LogP contribution in [0.5, 0.6) is 11.6 Å². The van der Waals surface area contributed by atoms with Crippen LogP contribution in [-0.2, 0) is 7.05 Å². The van der Waals surface area contributed by atoms with Crippen molar-refractivity contribution in [2.24, 2.45) is 7.05 Å². The zero-order valence-corrected chi connectivity index (χ0v) is 16.3. The highest BCUT2D eigenvalue weighted by Gasteiger charge is 2.27. The number of nitriles is 1. The number of aryl methyl sites for hydroxylation is 1. The molecule has 0 unspecified atom stereocenters. The third-order valence-electron chi connectivity index (χ3n) is 4.88. The molecule has 1 aromatic carbocycles. The number of benzene rings is 1. The van der Waals surface area contributed by atoms with Gasteiger partial charge in [-0.3, -0.25) is 4.98 Å². The standard InChI is InChI=1S/C22H23N5O2/c1-27-22(13-19(26-27)16-4-5-16)29-21-11-15(14-23)3-6-18(21)20-12-17(7-9-25-20)24-8-2-10-28/h3,6-7,9,11-13,16,28H,2,4-5,8,10H2,1H3,(H,24,25). The van der Waals surface area contributed by atoms with Crippen LogP contribution in [0.4, 0.5) is 5.69 Å². The van der Waals surface area contributed by atoms with E-state index in [0.717, 1.165) is 22.6 Å². The van der Waals surface area contributed by atoms with Gasteiger partial charge in [0.25, 0.3) is 0 Å². The summed E-state index contributed by atoms with van der Waals surface area (Å²) in [5, 5.41) is 26.1. The summed E-state index contributed by atoms with van der Waals surface area (Å²) >= 11 is 0. The summed E-state index contributed by atoms with van der Waals surface area (Å²) in [6, 6.07) is 13.3. The molecule has 1 saturated carbocycles. The van der Waals surface area contributed by atoms with Gasteiger partial charge in [-0.1, -0.05) is 0 Å². The first kappa shape index (κ1) is 19.0. The minimum Gasteiger partial charge on any atom is -0.439 e. The number of hydrogen-bond acceptors (Lipinski definition) is 6. The number of nitrogens with one attached hydrogen (secondary N) is 1. The highest BCUT2D eigenvalue weighted by molar-refractivity contribution is 5.71. The molecule has 2 heterocycles. The van der Waals surface area contributed by atoms with Gasteiger partial charge in [0, 0.05) is 49.6 Å². The Kier molecular flexibility index (Phi) is 5.45. The van der Waals surface area contributed by atoms with Crippen molar-refractivity contribution in [2.75, 3.05) is 18.5 Å². The third kappa shape index (κ3) is 4.39. The van der Waals surface area contributed by atoms with Crippen LogP contribution in [0, 0.1) is 11.3 Å². The van der Waals surface area contributed by atoms with E-state index >= 15 is 0 Å². The monoisotopic (exact) mass is 389 g/mol. The second-order valence-electron chi connectivity index (χ2n) is 7.16. The number of rotatable bonds is 8. The van der Waals surface area contributed by atoms with Gasteiger partial charge in [0.15, 0.2) is 0 Å². The Morgan fingerprint density at radius 2 is 2.14 bits per heavy atom. The van der Waals surface area contributed by atoms with Crippen molar-refractivity contribution in [3.63, 3.8) is 0 Å². The van der Waals surface area contributed by atoms with E-state index in [4.69, 9.17) is 9.84 Å². The first-order valence-electron chi connectivity index (χ1n) is 9.75. The Balaban J connectivity index is 1.66. The molecule has 4 rings (SSSR count). The molecule has 0 saturated heterocycles. The lowest BCUT2D eigenvalue weighted by atomic mass is 10.1. The molecule has 3 aromatic rings. The summed E-state index contributed by atoms with van der Waals surface area (Å²) in [4.78, 5) is 4.49. The second kappa shape index (κ2) is 8.33. The zero-order valence-electron chi connectivity index (χ0n) is 16.3. The Morgan fingerprint density at radius 3 is 2.90 bits per heavy atom. The lowest BCUT2D eigenvalue weighted by molar-refractivity contribution is 0.292. The smallest absolute Gasteiger partial charge is 0.217 e. The van der Waals surface area contributed by atoms with Crippen LogP contribution in [0.15, 0.2) is 42.6 Å². The zero-order chi connectivity index (χ0) is 20.2. The predicted octanol–water partition coefficient (Wildman–Crippen LogP) is 3.82. The lowest BCUT2D eigenvalue weighted by Crippen LogP contribution is -2.03. The van der Waals surface area contributed by atoms with E-state index in [1.807, 2.05) is 31.3 Å². The quantitative estimate of drug-likeness (QED) is 0.569. The van der Waals surface area contributed by atoms with Crippen LogP contribution in [0.25, 0.3) is 11.3 Å². The summed E-state index contributed by atoms with van der Waals surface area (Å²) < 4.78 is 7.92. The van der Waals surface area contributed by atoms with Gasteiger partial charge >= 0.3 is 0 Å². The molecule has 1 fully saturated rings. The Bertz CT molecular complexity index is 1050. The van der Waals surface area contributed by atoms with E-state index in [0.29, 0.717) is 36.1 Å². The summed E-state index contributed by atoms with van der Waals surface area (Å²) in [6.45, 7) is 0.821.